The second-order valence-corrected chi connectivity index (χ2v) is 2.21. The number of aliphatic hydroxyl groups excluding tert-OH is 1. The minimum atomic E-state index is -0.524. The Labute approximate surface area is 71.7 Å². The number of hydrazine groups is 2. The second kappa shape index (κ2) is 6.84. The van der Waals surface area contributed by atoms with Crippen LogP contribution >= 0.6 is 0 Å². The number of carbonyl (C=O) groups is 1. The van der Waals surface area contributed by atoms with Crippen molar-refractivity contribution in [2.75, 3.05) is 19.7 Å². The highest BCUT2D eigenvalue weighted by Gasteiger charge is 2.10. The summed E-state index contributed by atoms with van der Waals surface area (Å²) < 4.78 is 0. The summed E-state index contributed by atoms with van der Waals surface area (Å²) >= 11 is 0. The van der Waals surface area contributed by atoms with Gasteiger partial charge in [0.2, 0.25) is 0 Å². The molecule has 6 nitrogen and oxygen atoms in total. The van der Waals surface area contributed by atoms with Gasteiger partial charge in [-0.1, -0.05) is 0 Å². The lowest BCUT2D eigenvalue weighted by Crippen LogP contribution is -2.48. The van der Waals surface area contributed by atoms with Crippen molar-refractivity contribution in [3.63, 3.8) is 0 Å². The van der Waals surface area contributed by atoms with E-state index in [0.717, 1.165) is 19.5 Å². The van der Waals surface area contributed by atoms with Crippen LogP contribution in [0, 0.1) is 0 Å². The highest BCUT2D eigenvalue weighted by atomic mass is 16.2. The molecule has 0 aromatic heterocycles. The molecule has 0 radical (unpaired) electrons. The lowest BCUT2D eigenvalue weighted by molar-refractivity contribution is 0.168. The fourth-order valence-corrected chi connectivity index (χ4v) is 0.759. The molecule has 2 amide bonds. The molecule has 5 N–H and O–H groups in total. The molecule has 0 bridgehead atoms. The van der Waals surface area contributed by atoms with Crippen molar-refractivity contribution in [3.05, 3.63) is 0 Å². The molecule has 1 saturated heterocycles. The number of hydrogen-bond donors (Lipinski definition) is 4. The molecule has 0 atom stereocenters. The van der Waals surface area contributed by atoms with Crippen LogP contribution in [0.4, 0.5) is 4.79 Å². The summed E-state index contributed by atoms with van der Waals surface area (Å²) in [6.07, 6.45) is 1.04. The summed E-state index contributed by atoms with van der Waals surface area (Å²) in [7, 11) is 0. The summed E-state index contributed by atoms with van der Waals surface area (Å²) in [5.74, 6) is 0. The molecule has 12 heavy (non-hydrogen) atoms. The zero-order chi connectivity index (χ0) is 9.40. The minimum absolute atomic E-state index is 0.250. The van der Waals surface area contributed by atoms with E-state index in [0.29, 0.717) is 0 Å². The van der Waals surface area contributed by atoms with Gasteiger partial charge < -0.3 is 10.8 Å². The van der Waals surface area contributed by atoms with Crippen LogP contribution in [0.2, 0.25) is 0 Å². The van der Waals surface area contributed by atoms with Crippen LogP contribution in [-0.4, -0.2) is 36.0 Å². The maximum atomic E-state index is 10.2. The quantitative estimate of drug-likeness (QED) is 0.403. The maximum Gasteiger partial charge on any atom is 0.327 e. The van der Waals surface area contributed by atoms with Crippen molar-refractivity contribution in [2.45, 2.75) is 13.3 Å². The lowest BCUT2D eigenvalue weighted by atomic mass is 10.5. The molecule has 0 unspecified atom stereocenters. The van der Waals surface area contributed by atoms with Gasteiger partial charge in [-0.2, -0.15) is 5.12 Å². The van der Waals surface area contributed by atoms with Crippen molar-refractivity contribution in [2.24, 2.45) is 5.73 Å². The van der Waals surface area contributed by atoms with E-state index >= 15 is 0 Å². The van der Waals surface area contributed by atoms with Crippen molar-refractivity contribution in [1.82, 2.24) is 16.0 Å². The van der Waals surface area contributed by atoms with Crippen LogP contribution < -0.4 is 16.6 Å². The fourth-order valence-electron chi connectivity index (χ4n) is 0.759. The van der Waals surface area contributed by atoms with Gasteiger partial charge in [0, 0.05) is 19.7 Å². The first-order valence-corrected chi connectivity index (χ1v) is 3.88. The number of carbonyl (C=O) groups excluding carboxylic acids is 1. The number of nitrogens with two attached hydrogens (primary N) is 1. The van der Waals surface area contributed by atoms with E-state index in [2.05, 4.69) is 10.9 Å². The SMILES string of the molecule is CCO.NC(=O)NN1CCCN1. The van der Waals surface area contributed by atoms with Crippen LogP contribution in [0.15, 0.2) is 0 Å². The molecule has 0 spiro atoms. The highest BCUT2D eigenvalue weighted by molar-refractivity contribution is 5.70. The van der Waals surface area contributed by atoms with Crippen LogP contribution in [0.5, 0.6) is 0 Å². The molecule has 6 heteroatoms. The molecular weight excluding hydrogens is 160 g/mol. The van der Waals surface area contributed by atoms with E-state index in [4.69, 9.17) is 10.8 Å². The van der Waals surface area contributed by atoms with Crippen molar-refractivity contribution in [1.29, 1.82) is 0 Å². The van der Waals surface area contributed by atoms with Gasteiger partial charge in [0.25, 0.3) is 0 Å². The predicted molar refractivity (Wildman–Crippen MR) is 44.8 cm³/mol. The van der Waals surface area contributed by atoms with Gasteiger partial charge in [-0.25, -0.2) is 10.2 Å². The first-order valence-electron chi connectivity index (χ1n) is 3.88. The zero-order valence-corrected chi connectivity index (χ0v) is 7.21. The van der Waals surface area contributed by atoms with Gasteiger partial charge in [0.05, 0.1) is 0 Å². The lowest BCUT2D eigenvalue weighted by Gasteiger charge is -2.13. The Hall–Kier alpha value is -0.850. The molecule has 0 saturated carbocycles. The average molecular weight is 176 g/mol. The number of hydrogen-bond acceptors (Lipinski definition) is 4. The Morgan fingerprint density at radius 2 is 2.42 bits per heavy atom. The molecule has 0 aromatic rings. The minimum Gasteiger partial charge on any atom is -0.397 e. The molecule has 1 rings (SSSR count). The Kier molecular flexibility index (Phi) is 6.35. The second-order valence-electron chi connectivity index (χ2n) is 2.21. The van der Waals surface area contributed by atoms with Crippen molar-refractivity contribution < 1.29 is 9.90 Å². The van der Waals surface area contributed by atoms with Crippen LogP contribution in [0.1, 0.15) is 13.3 Å². The largest absolute Gasteiger partial charge is 0.397 e. The smallest absolute Gasteiger partial charge is 0.327 e. The van der Waals surface area contributed by atoms with E-state index < -0.39 is 6.03 Å². The molecule has 72 valence electrons. The number of rotatable bonds is 1. The summed E-state index contributed by atoms with van der Waals surface area (Å²) in [5, 5.41) is 9.16. The van der Waals surface area contributed by atoms with Gasteiger partial charge in [0.15, 0.2) is 0 Å². The monoisotopic (exact) mass is 176 g/mol. The predicted octanol–water partition coefficient (Wildman–Crippen LogP) is -1.22. The van der Waals surface area contributed by atoms with Crippen LogP contribution in [-0.2, 0) is 0 Å². The molecule has 1 aliphatic rings. The fraction of sp³-hybridized carbons (Fsp3) is 0.833. The number of amides is 2. The number of urea groups is 1. The van der Waals surface area contributed by atoms with Gasteiger partial charge in [-0.05, 0) is 13.3 Å². The average Bonchev–Trinajstić information content (AvgIpc) is 2.40. The first kappa shape index (κ1) is 11.2. The third kappa shape index (κ3) is 5.90. The normalized spacial score (nSPS) is 16.5. The Morgan fingerprint density at radius 3 is 2.75 bits per heavy atom. The van der Waals surface area contributed by atoms with Crippen molar-refractivity contribution >= 4 is 6.03 Å². The van der Waals surface area contributed by atoms with E-state index in [1.165, 1.54) is 0 Å². The number of nitrogens with one attached hydrogen (secondary N) is 2. The standard InChI is InChI=1S/C4H10N4O.C2H6O/c5-4(9)7-8-3-1-2-6-8;1-2-3/h6H,1-3H2,(H3,5,7,9);3H,2H2,1H3. The number of aliphatic hydroxyl groups is 1. The topological polar surface area (TPSA) is 90.6 Å². The van der Waals surface area contributed by atoms with Crippen molar-refractivity contribution in [3.8, 4) is 0 Å². The van der Waals surface area contributed by atoms with Crippen LogP contribution in [0.3, 0.4) is 0 Å². The molecule has 0 aliphatic carbocycles. The third-order valence-electron chi connectivity index (χ3n) is 1.11. The van der Waals surface area contributed by atoms with Gasteiger partial charge in [-0.3, -0.25) is 5.43 Å². The summed E-state index contributed by atoms with van der Waals surface area (Å²) in [4.78, 5) is 10.2. The number of primary amides is 1. The highest BCUT2D eigenvalue weighted by Crippen LogP contribution is 1.89. The van der Waals surface area contributed by atoms with E-state index in [9.17, 15) is 4.79 Å². The molecular formula is C6H16N4O2. The van der Waals surface area contributed by atoms with Gasteiger partial charge in [-0.15, -0.1) is 0 Å². The van der Waals surface area contributed by atoms with Crippen LogP contribution in [0.25, 0.3) is 0 Å². The van der Waals surface area contributed by atoms with E-state index in [1.54, 1.807) is 12.0 Å². The Bertz CT molecular complexity index is 125. The Balaban J connectivity index is 0.000000354. The molecule has 1 heterocycles. The van der Waals surface area contributed by atoms with E-state index in [-0.39, 0.29) is 6.61 Å². The molecule has 0 aromatic carbocycles. The first-order chi connectivity index (χ1) is 5.70. The Morgan fingerprint density at radius 1 is 1.83 bits per heavy atom. The van der Waals surface area contributed by atoms with Gasteiger partial charge in [0.1, 0.15) is 0 Å². The van der Waals surface area contributed by atoms with Gasteiger partial charge >= 0.3 is 6.03 Å². The maximum absolute atomic E-state index is 10.2. The summed E-state index contributed by atoms with van der Waals surface area (Å²) in [5.41, 5.74) is 10.2. The molecule has 1 aliphatic heterocycles. The summed E-state index contributed by atoms with van der Waals surface area (Å²) in [6, 6.07) is -0.524. The zero-order valence-electron chi connectivity index (χ0n) is 7.21. The van der Waals surface area contributed by atoms with E-state index in [1.807, 2.05) is 0 Å². The third-order valence-corrected chi connectivity index (χ3v) is 1.11. The number of nitrogens with zero attached hydrogens (tertiary/aromatic N) is 1. The summed E-state index contributed by atoms with van der Waals surface area (Å²) in [6.45, 7) is 3.66. The molecule has 1 fully saturated rings.